The number of carbonyl (C=O) groups is 3. The topological polar surface area (TPSA) is 95.9 Å². The Hall–Kier alpha value is -1.63. The molecule has 0 aromatic carbocycles. The minimum absolute atomic E-state index is 0.0217. The first-order valence-corrected chi connectivity index (χ1v) is 6.91. The van der Waals surface area contributed by atoms with E-state index in [1.165, 1.54) is 4.90 Å². The molecule has 2 N–H and O–H groups in total. The van der Waals surface area contributed by atoms with Gasteiger partial charge in [-0.05, 0) is 25.7 Å². The normalized spacial score (nSPS) is 29.6. The number of aliphatic carboxylic acids is 1. The molecule has 7 nitrogen and oxygen atoms in total. The summed E-state index contributed by atoms with van der Waals surface area (Å²) >= 11 is 0. The number of nitrogens with zero attached hydrogens (tertiary/aromatic N) is 1. The largest absolute Gasteiger partial charge is 0.480 e. The highest BCUT2D eigenvalue weighted by Gasteiger charge is 2.38. The Morgan fingerprint density at radius 3 is 2.75 bits per heavy atom. The van der Waals surface area contributed by atoms with Gasteiger partial charge < -0.3 is 20.1 Å². The van der Waals surface area contributed by atoms with Crippen molar-refractivity contribution in [3.63, 3.8) is 0 Å². The maximum Gasteiger partial charge on any atom is 0.328 e. The molecular formula is C13H20N2O5. The molecule has 0 aromatic rings. The summed E-state index contributed by atoms with van der Waals surface area (Å²) in [7, 11) is 0. The van der Waals surface area contributed by atoms with Crippen molar-refractivity contribution in [2.24, 2.45) is 5.92 Å². The van der Waals surface area contributed by atoms with Crippen LogP contribution >= 0.6 is 0 Å². The van der Waals surface area contributed by atoms with E-state index in [-0.39, 0.29) is 36.9 Å². The number of nitrogens with one attached hydrogen (secondary N) is 1. The third kappa shape index (κ3) is 3.27. The second-order valence-corrected chi connectivity index (χ2v) is 5.30. The van der Waals surface area contributed by atoms with Gasteiger partial charge in [-0.2, -0.15) is 0 Å². The summed E-state index contributed by atoms with van der Waals surface area (Å²) in [4.78, 5) is 35.8. The monoisotopic (exact) mass is 284 g/mol. The van der Waals surface area contributed by atoms with Crippen LogP contribution in [0.25, 0.3) is 0 Å². The van der Waals surface area contributed by atoms with Crippen LogP contribution in [0.1, 0.15) is 26.2 Å². The van der Waals surface area contributed by atoms with Crippen LogP contribution in [0, 0.1) is 5.92 Å². The molecule has 0 spiro atoms. The van der Waals surface area contributed by atoms with Crippen molar-refractivity contribution in [2.75, 3.05) is 19.7 Å². The van der Waals surface area contributed by atoms with Gasteiger partial charge in [-0.25, -0.2) is 4.79 Å². The highest BCUT2D eigenvalue weighted by Crippen LogP contribution is 2.33. The number of carbonyl (C=O) groups excluding carboxylic acids is 2. The van der Waals surface area contributed by atoms with Crippen LogP contribution in [0.2, 0.25) is 0 Å². The summed E-state index contributed by atoms with van der Waals surface area (Å²) in [6, 6.07) is -0.956. The summed E-state index contributed by atoms with van der Waals surface area (Å²) < 4.78 is 5.43. The van der Waals surface area contributed by atoms with Gasteiger partial charge in [-0.3, -0.25) is 9.59 Å². The molecule has 0 bridgehead atoms. The van der Waals surface area contributed by atoms with Gasteiger partial charge in [0.25, 0.3) is 0 Å². The maximum atomic E-state index is 12.2. The van der Waals surface area contributed by atoms with Crippen LogP contribution in [0.5, 0.6) is 0 Å². The van der Waals surface area contributed by atoms with Gasteiger partial charge in [-0.15, -0.1) is 0 Å². The van der Waals surface area contributed by atoms with E-state index in [2.05, 4.69) is 5.32 Å². The smallest absolute Gasteiger partial charge is 0.328 e. The molecule has 112 valence electrons. The van der Waals surface area contributed by atoms with Crippen molar-refractivity contribution in [3.05, 3.63) is 0 Å². The number of carboxylic acid groups (broad SMARTS) is 1. The Kier molecular flexibility index (Phi) is 4.59. The fourth-order valence-electron chi connectivity index (χ4n) is 2.70. The molecule has 1 unspecified atom stereocenters. The second-order valence-electron chi connectivity index (χ2n) is 5.30. The number of hydrogen-bond donors (Lipinski definition) is 2. The van der Waals surface area contributed by atoms with Crippen molar-refractivity contribution < 1.29 is 24.2 Å². The fraction of sp³-hybridized carbons (Fsp3) is 0.769. The molecular weight excluding hydrogens is 264 g/mol. The summed E-state index contributed by atoms with van der Waals surface area (Å²) in [5.74, 6) is -1.42. The van der Waals surface area contributed by atoms with Crippen LogP contribution < -0.4 is 5.32 Å². The van der Waals surface area contributed by atoms with Crippen LogP contribution in [-0.2, 0) is 19.1 Å². The Labute approximate surface area is 117 Å². The first-order valence-electron chi connectivity index (χ1n) is 6.91. The van der Waals surface area contributed by atoms with Gasteiger partial charge in [0.1, 0.15) is 12.6 Å². The van der Waals surface area contributed by atoms with Crippen LogP contribution in [0.15, 0.2) is 0 Å². The minimum atomic E-state index is -1.08. The molecule has 1 aliphatic carbocycles. The summed E-state index contributed by atoms with van der Waals surface area (Å²) in [5.41, 5.74) is 0. The molecule has 2 fully saturated rings. The molecule has 0 radical (unpaired) electrons. The number of rotatable bonds is 5. The highest BCUT2D eigenvalue weighted by molar-refractivity contribution is 5.91. The Bertz CT molecular complexity index is 406. The number of amides is 2. The molecule has 20 heavy (non-hydrogen) atoms. The fourth-order valence-corrected chi connectivity index (χ4v) is 2.70. The third-order valence-electron chi connectivity index (χ3n) is 3.85. The number of ether oxygens (including phenoxy) is 1. The van der Waals surface area contributed by atoms with Crippen LogP contribution in [0.3, 0.4) is 0 Å². The van der Waals surface area contributed by atoms with Crippen LogP contribution in [0.4, 0.5) is 0 Å². The van der Waals surface area contributed by atoms with Crippen molar-refractivity contribution in [1.29, 1.82) is 0 Å². The summed E-state index contributed by atoms with van der Waals surface area (Å²) in [6.07, 6.45) is 2.17. The zero-order valence-corrected chi connectivity index (χ0v) is 11.5. The first-order chi connectivity index (χ1) is 9.51. The van der Waals surface area contributed by atoms with E-state index in [0.717, 1.165) is 12.8 Å². The lowest BCUT2D eigenvalue weighted by Crippen LogP contribution is -2.59. The molecule has 1 saturated carbocycles. The lowest BCUT2D eigenvalue weighted by atomic mass is 9.79. The van der Waals surface area contributed by atoms with E-state index < -0.39 is 12.0 Å². The van der Waals surface area contributed by atoms with Crippen molar-refractivity contribution in [1.82, 2.24) is 10.2 Å². The quantitative estimate of drug-likeness (QED) is 0.716. The van der Waals surface area contributed by atoms with Crippen molar-refractivity contribution >= 4 is 17.8 Å². The molecule has 1 saturated heterocycles. The zero-order chi connectivity index (χ0) is 14.7. The van der Waals surface area contributed by atoms with E-state index in [0.29, 0.717) is 13.0 Å². The number of carboxylic acids is 1. The van der Waals surface area contributed by atoms with E-state index in [1.807, 2.05) is 6.92 Å². The van der Waals surface area contributed by atoms with Crippen molar-refractivity contribution in [3.8, 4) is 0 Å². The Morgan fingerprint density at radius 2 is 2.15 bits per heavy atom. The van der Waals surface area contributed by atoms with E-state index in [9.17, 15) is 14.4 Å². The van der Waals surface area contributed by atoms with E-state index >= 15 is 0 Å². The molecule has 7 heteroatoms. The lowest BCUT2D eigenvalue weighted by Gasteiger charge is -2.38. The third-order valence-corrected chi connectivity index (χ3v) is 3.85. The van der Waals surface area contributed by atoms with Gasteiger partial charge >= 0.3 is 5.97 Å². The van der Waals surface area contributed by atoms with Gasteiger partial charge in [0.2, 0.25) is 11.8 Å². The molecule has 1 heterocycles. The lowest BCUT2D eigenvalue weighted by molar-refractivity contribution is -0.155. The van der Waals surface area contributed by atoms with Gasteiger partial charge in [0.05, 0.1) is 6.10 Å². The minimum Gasteiger partial charge on any atom is -0.480 e. The van der Waals surface area contributed by atoms with Gasteiger partial charge in [0, 0.05) is 19.6 Å². The Balaban J connectivity index is 1.87. The number of piperazine rings is 1. The molecule has 0 aromatic heterocycles. The van der Waals surface area contributed by atoms with Crippen molar-refractivity contribution in [2.45, 2.75) is 38.3 Å². The predicted molar refractivity (Wildman–Crippen MR) is 68.9 cm³/mol. The van der Waals surface area contributed by atoms with E-state index in [1.54, 1.807) is 0 Å². The zero-order valence-electron chi connectivity index (χ0n) is 11.5. The molecule has 2 rings (SSSR count). The standard InChI is InChI=1S/C13H20N2O5/c1-2-20-9-3-8(4-9)5-12(17)15-7-11(16)14-6-10(15)13(18)19/h8-10H,2-7H2,1H3,(H,14,16)(H,18,19). The molecule has 2 amide bonds. The average molecular weight is 284 g/mol. The average Bonchev–Trinajstić information content (AvgIpc) is 2.35. The second kappa shape index (κ2) is 6.21. The molecule has 1 aliphatic heterocycles. The maximum absolute atomic E-state index is 12.2. The highest BCUT2D eigenvalue weighted by atomic mass is 16.5. The predicted octanol–water partition coefficient (Wildman–Crippen LogP) is -0.397. The summed E-state index contributed by atoms with van der Waals surface area (Å²) in [6.45, 7) is 2.41. The van der Waals surface area contributed by atoms with E-state index in [4.69, 9.17) is 9.84 Å². The summed E-state index contributed by atoms with van der Waals surface area (Å²) in [5, 5.41) is 11.6. The Morgan fingerprint density at radius 1 is 1.45 bits per heavy atom. The van der Waals surface area contributed by atoms with Gasteiger partial charge in [0.15, 0.2) is 0 Å². The molecule has 1 atom stereocenters. The van der Waals surface area contributed by atoms with Gasteiger partial charge in [-0.1, -0.05) is 0 Å². The molecule has 2 aliphatic rings. The number of hydrogen-bond acceptors (Lipinski definition) is 4. The first kappa shape index (κ1) is 14.8. The van der Waals surface area contributed by atoms with Crippen LogP contribution in [-0.4, -0.2) is 59.6 Å². The SMILES string of the molecule is CCOC1CC(CC(=O)N2CC(=O)NCC2C(=O)O)C1.